The van der Waals surface area contributed by atoms with Gasteiger partial charge in [-0.05, 0) is 30.2 Å². The minimum Gasteiger partial charge on any atom is -0.508 e. The van der Waals surface area contributed by atoms with Crippen molar-refractivity contribution in [2.45, 2.75) is 13.0 Å². The number of phenolic OH excluding ortho intramolecular Hbond substituents is 1. The maximum absolute atomic E-state index is 9.81. The summed E-state index contributed by atoms with van der Waals surface area (Å²) in [7, 11) is 0. The third-order valence-corrected chi connectivity index (χ3v) is 4.24. The van der Waals surface area contributed by atoms with E-state index in [9.17, 15) is 15.6 Å². The summed E-state index contributed by atoms with van der Waals surface area (Å²) in [6.45, 7) is 1.95. The number of benzene rings is 2. The highest BCUT2D eigenvalue weighted by atomic mass is 16.3. The molecule has 0 fully saturated rings. The first kappa shape index (κ1) is 17.8. The second-order valence-corrected chi connectivity index (χ2v) is 6.02. The first-order chi connectivity index (χ1) is 13.0. The molecule has 4 N–H and O–H groups in total. The predicted molar refractivity (Wildman–Crippen MR) is 104 cm³/mol. The molecule has 6 heteroatoms. The molecule has 0 aliphatic carbocycles. The Hall–Kier alpha value is -4.03. The van der Waals surface area contributed by atoms with Crippen LogP contribution in [0.2, 0.25) is 0 Å². The maximum atomic E-state index is 9.81. The van der Waals surface area contributed by atoms with E-state index < -0.39 is 0 Å². The Morgan fingerprint density at radius 1 is 1.04 bits per heavy atom. The van der Waals surface area contributed by atoms with E-state index in [2.05, 4.69) is 16.4 Å². The summed E-state index contributed by atoms with van der Waals surface area (Å²) < 4.78 is 0. The first-order valence-electron chi connectivity index (χ1n) is 8.29. The van der Waals surface area contributed by atoms with Gasteiger partial charge in [-0.2, -0.15) is 10.5 Å². The molecule has 0 saturated heterocycles. The van der Waals surface area contributed by atoms with Gasteiger partial charge in [-0.15, -0.1) is 0 Å². The van der Waals surface area contributed by atoms with Crippen molar-refractivity contribution in [3.63, 3.8) is 0 Å². The van der Waals surface area contributed by atoms with E-state index >= 15 is 0 Å². The summed E-state index contributed by atoms with van der Waals surface area (Å²) in [5.74, 6) is 0.351. The molecule has 0 aliphatic rings. The molecule has 0 spiro atoms. The highest BCUT2D eigenvalue weighted by molar-refractivity contribution is 5.85. The number of hydrogen-bond donors (Lipinski definition) is 3. The fourth-order valence-corrected chi connectivity index (χ4v) is 2.91. The van der Waals surface area contributed by atoms with Crippen LogP contribution in [0.3, 0.4) is 0 Å². The highest BCUT2D eigenvalue weighted by Crippen LogP contribution is 2.36. The summed E-state index contributed by atoms with van der Waals surface area (Å²) in [5.41, 5.74) is 8.20. The quantitative estimate of drug-likeness (QED) is 0.652. The average Bonchev–Trinajstić information content (AvgIpc) is 2.68. The van der Waals surface area contributed by atoms with Gasteiger partial charge in [-0.25, -0.2) is 4.98 Å². The summed E-state index contributed by atoms with van der Waals surface area (Å²) in [6.07, 6.45) is 0. The van der Waals surface area contributed by atoms with E-state index in [0.29, 0.717) is 16.9 Å². The van der Waals surface area contributed by atoms with E-state index in [0.717, 1.165) is 5.56 Å². The van der Waals surface area contributed by atoms with Crippen LogP contribution in [-0.4, -0.2) is 10.1 Å². The van der Waals surface area contributed by atoms with Crippen molar-refractivity contribution in [2.24, 2.45) is 0 Å². The minimum absolute atomic E-state index is 0.0256. The van der Waals surface area contributed by atoms with Gasteiger partial charge < -0.3 is 16.2 Å². The van der Waals surface area contributed by atoms with Gasteiger partial charge in [0.1, 0.15) is 40.7 Å². The van der Waals surface area contributed by atoms with E-state index in [1.165, 1.54) is 12.1 Å². The van der Waals surface area contributed by atoms with E-state index in [1.54, 1.807) is 12.1 Å². The zero-order valence-corrected chi connectivity index (χ0v) is 14.6. The fourth-order valence-electron chi connectivity index (χ4n) is 2.91. The summed E-state index contributed by atoms with van der Waals surface area (Å²) in [6, 6.07) is 20.1. The van der Waals surface area contributed by atoms with Gasteiger partial charge in [0.2, 0.25) is 0 Å². The molecule has 1 aromatic heterocycles. The minimum atomic E-state index is -0.129. The normalized spacial score (nSPS) is 11.2. The van der Waals surface area contributed by atoms with Gasteiger partial charge >= 0.3 is 0 Å². The molecule has 1 heterocycles. The number of nitrogens with one attached hydrogen (secondary N) is 1. The third kappa shape index (κ3) is 3.51. The van der Waals surface area contributed by atoms with Crippen LogP contribution in [0.4, 0.5) is 11.6 Å². The van der Waals surface area contributed by atoms with E-state index in [1.807, 2.05) is 43.3 Å². The number of phenols is 1. The van der Waals surface area contributed by atoms with Crippen molar-refractivity contribution in [3.05, 3.63) is 71.3 Å². The summed E-state index contributed by atoms with van der Waals surface area (Å²) >= 11 is 0. The van der Waals surface area contributed by atoms with Gasteiger partial charge in [-0.3, -0.25) is 0 Å². The number of nitrogens with zero attached hydrogens (tertiary/aromatic N) is 3. The Morgan fingerprint density at radius 2 is 1.74 bits per heavy atom. The number of pyridine rings is 1. The fraction of sp³-hybridized carbons (Fsp3) is 0.0952. The number of anilines is 2. The van der Waals surface area contributed by atoms with Crippen molar-refractivity contribution >= 4 is 11.6 Å². The Bertz CT molecular complexity index is 1060. The van der Waals surface area contributed by atoms with Crippen LogP contribution >= 0.6 is 0 Å². The number of nitrogen functional groups attached to an aromatic ring is 1. The Labute approximate surface area is 157 Å². The number of nitrogens with two attached hydrogens (primary N) is 1. The second-order valence-electron chi connectivity index (χ2n) is 6.02. The molecule has 6 nitrogen and oxygen atoms in total. The lowest BCUT2D eigenvalue weighted by molar-refractivity contribution is 0.475. The zero-order valence-electron chi connectivity index (χ0n) is 14.6. The van der Waals surface area contributed by atoms with Crippen LogP contribution in [0, 0.1) is 22.7 Å². The Balaban J connectivity index is 2.17. The molecule has 27 heavy (non-hydrogen) atoms. The van der Waals surface area contributed by atoms with Gasteiger partial charge in [0.15, 0.2) is 0 Å². The molecular formula is C21H17N5O. The van der Waals surface area contributed by atoms with Crippen molar-refractivity contribution in [3.8, 4) is 29.0 Å². The molecule has 132 valence electrons. The van der Waals surface area contributed by atoms with Crippen molar-refractivity contribution < 1.29 is 5.11 Å². The Morgan fingerprint density at radius 3 is 2.37 bits per heavy atom. The largest absolute Gasteiger partial charge is 0.508 e. The molecule has 0 radical (unpaired) electrons. The molecule has 3 aromatic rings. The smallest absolute Gasteiger partial charge is 0.147 e. The standard InChI is InChI=1S/C21H17N5O/c1-13(14-6-3-2-4-7-14)25-21-18(12-23)19(17(11-22)20(24)26-21)15-8-5-9-16(27)10-15/h2-10,13,27H,1H3,(H3,24,25,26). The zero-order chi connectivity index (χ0) is 19.4. The number of hydrogen-bond acceptors (Lipinski definition) is 6. The number of aromatic nitrogens is 1. The van der Waals surface area contributed by atoms with Crippen LogP contribution in [0.1, 0.15) is 29.7 Å². The maximum Gasteiger partial charge on any atom is 0.147 e. The third-order valence-electron chi connectivity index (χ3n) is 4.24. The molecule has 0 amide bonds. The monoisotopic (exact) mass is 355 g/mol. The molecule has 0 bridgehead atoms. The molecule has 2 aromatic carbocycles. The molecular weight excluding hydrogens is 338 g/mol. The van der Waals surface area contributed by atoms with Crippen LogP contribution in [-0.2, 0) is 0 Å². The molecule has 1 unspecified atom stereocenters. The van der Waals surface area contributed by atoms with Crippen LogP contribution in [0.15, 0.2) is 54.6 Å². The lowest BCUT2D eigenvalue weighted by atomic mass is 9.95. The highest BCUT2D eigenvalue weighted by Gasteiger charge is 2.21. The first-order valence-corrected chi connectivity index (χ1v) is 8.29. The number of aromatic hydroxyl groups is 1. The van der Waals surface area contributed by atoms with Crippen LogP contribution in [0.25, 0.3) is 11.1 Å². The van der Waals surface area contributed by atoms with Gasteiger partial charge in [-0.1, -0.05) is 42.5 Å². The topological polar surface area (TPSA) is 119 Å². The average molecular weight is 355 g/mol. The van der Waals surface area contributed by atoms with Crippen LogP contribution in [0.5, 0.6) is 5.75 Å². The lowest BCUT2D eigenvalue weighted by Crippen LogP contribution is -2.12. The molecule has 0 saturated carbocycles. The SMILES string of the molecule is CC(Nc1nc(N)c(C#N)c(-c2cccc(O)c2)c1C#N)c1ccccc1. The molecule has 3 rings (SSSR count). The Kier molecular flexibility index (Phi) is 4.92. The van der Waals surface area contributed by atoms with E-state index in [-0.39, 0.29) is 28.7 Å². The molecule has 1 atom stereocenters. The predicted octanol–water partition coefficient (Wildman–Crippen LogP) is 3.95. The van der Waals surface area contributed by atoms with Crippen molar-refractivity contribution in [2.75, 3.05) is 11.1 Å². The van der Waals surface area contributed by atoms with Crippen molar-refractivity contribution in [1.82, 2.24) is 4.98 Å². The molecule has 0 aliphatic heterocycles. The van der Waals surface area contributed by atoms with Crippen LogP contribution < -0.4 is 11.1 Å². The van der Waals surface area contributed by atoms with E-state index in [4.69, 9.17) is 5.73 Å². The second kappa shape index (κ2) is 7.47. The van der Waals surface area contributed by atoms with Crippen molar-refractivity contribution in [1.29, 1.82) is 10.5 Å². The lowest BCUT2D eigenvalue weighted by Gasteiger charge is -2.19. The van der Waals surface area contributed by atoms with Gasteiger partial charge in [0.25, 0.3) is 0 Å². The van der Waals surface area contributed by atoms with Gasteiger partial charge in [0.05, 0.1) is 0 Å². The number of nitriles is 2. The number of rotatable bonds is 4. The van der Waals surface area contributed by atoms with Gasteiger partial charge in [0, 0.05) is 11.6 Å². The summed E-state index contributed by atoms with van der Waals surface area (Å²) in [5, 5.41) is 32.3. The summed E-state index contributed by atoms with van der Waals surface area (Å²) in [4.78, 5) is 4.25.